The molecular formula is C18H20O5S2. The molecule has 2 aromatic rings. The van der Waals surface area contributed by atoms with E-state index in [9.17, 15) is 18.3 Å². The molecule has 0 radical (unpaired) electrons. The zero-order chi connectivity index (χ0) is 18.4. The van der Waals surface area contributed by atoms with Crippen LogP contribution in [0.15, 0.2) is 52.2 Å². The van der Waals surface area contributed by atoms with Gasteiger partial charge in [-0.3, -0.25) is 0 Å². The molecule has 25 heavy (non-hydrogen) atoms. The number of ether oxygens (including phenoxy) is 1. The summed E-state index contributed by atoms with van der Waals surface area (Å²) in [5.74, 6) is -0.480. The average Bonchev–Trinajstić information content (AvgIpc) is 3.08. The fourth-order valence-corrected chi connectivity index (χ4v) is 3.86. The van der Waals surface area contributed by atoms with Gasteiger partial charge in [0.1, 0.15) is 0 Å². The summed E-state index contributed by atoms with van der Waals surface area (Å²) in [7, 11) is -3.30. The third-order valence-corrected chi connectivity index (χ3v) is 5.54. The number of carbonyl (C=O) groups excluding carboxylic acids is 1. The Balaban J connectivity index is 2.63. The van der Waals surface area contributed by atoms with Crippen LogP contribution < -0.4 is 0 Å². The number of aliphatic hydroxyl groups excluding tert-OH is 1. The van der Waals surface area contributed by atoms with Crippen molar-refractivity contribution in [3.05, 3.63) is 57.8 Å². The lowest BCUT2D eigenvalue weighted by molar-refractivity contribution is -0.138. The fraction of sp³-hybridized carbons (Fsp3) is 0.278. The molecule has 0 amide bonds. The smallest absolute Gasteiger partial charge is 0.334 e. The van der Waals surface area contributed by atoms with Crippen molar-refractivity contribution >= 4 is 32.7 Å². The van der Waals surface area contributed by atoms with Crippen molar-refractivity contribution in [2.75, 3.05) is 19.5 Å². The Labute approximate surface area is 151 Å². The van der Waals surface area contributed by atoms with Gasteiger partial charge in [0.05, 0.1) is 11.5 Å². The molecule has 0 aliphatic carbocycles. The molecule has 0 bridgehead atoms. The molecule has 0 aliphatic rings. The molecule has 0 fully saturated rings. The van der Waals surface area contributed by atoms with Gasteiger partial charge in [0.15, 0.2) is 9.84 Å². The van der Waals surface area contributed by atoms with Gasteiger partial charge < -0.3 is 9.84 Å². The zero-order valence-electron chi connectivity index (χ0n) is 14.1. The third-order valence-electron chi connectivity index (χ3n) is 3.52. The van der Waals surface area contributed by atoms with E-state index in [1.807, 2.05) is 17.5 Å². The number of thiophene rings is 1. The van der Waals surface area contributed by atoms with Crippen molar-refractivity contribution in [2.45, 2.75) is 18.2 Å². The first-order valence-electron chi connectivity index (χ1n) is 7.74. The Morgan fingerprint density at radius 2 is 1.88 bits per heavy atom. The van der Waals surface area contributed by atoms with Gasteiger partial charge in [0, 0.05) is 35.3 Å². The summed E-state index contributed by atoms with van der Waals surface area (Å²) < 4.78 is 28.4. The van der Waals surface area contributed by atoms with Gasteiger partial charge in [-0.25, -0.2) is 13.2 Å². The van der Waals surface area contributed by atoms with E-state index in [0.29, 0.717) is 16.7 Å². The van der Waals surface area contributed by atoms with E-state index < -0.39 is 15.8 Å². The monoisotopic (exact) mass is 380 g/mol. The molecule has 0 spiro atoms. The molecule has 0 saturated carbocycles. The Bertz CT molecular complexity index is 847. The van der Waals surface area contributed by atoms with E-state index in [0.717, 1.165) is 11.1 Å². The summed E-state index contributed by atoms with van der Waals surface area (Å²) in [6, 6.07) is 10.1. The summed E-state index contributed by atoms with van der Waals surface area (Å²) in [6.07, 6.45) is 1.30. The number of aliphatic hydroxyl groups is 1. The fourth-order valence-electron chi connectivity index (χ4n) is 2.41. The van der Waals surface area contributed by atoms with E-state index >= 15 is 0 Å². The van der Waals surface area contributed by atoms with Gasteiger partial charge in [0.25, 0.3) is 0 Å². The first kappa shape index (κ1) is 19.4. The van der Waals surface area contributed by atoms with Crippen LogP contribution in [0.1, 0.15) is 23.8 Å². The largest absolute Gasteiger partial charge is 0.463 e. The summed E-state index contributed by atoms with van der Waals surface area (Å²) in [5, 5.41) is 11.3. The highest BCUT2D eigenvalue weighted by Crippen LogP contribution is 2.32. The number of esters is 1. The highest BCUT2D eigenvalue weighted by atomic mass is 32.2. The average molecular weight is 380 g/mol. The van der Waals surface area contributed by atoms with Crippen molar-refractivity contribution in [2.24, 2.45) is 0 Å². The Morgan fingerprint density at radius 3 is 2.36 bits per heavy atom. The molecule has 1 aromatic heterocycles. The maximum absolute atomic E-state index is 12.4. The predicted molar refractivity (Wildman–Crippen MR) is 98.2 cm³/mol. The van der Waals surface area contributed by atoms with Gasteiger partial charge in [0.2, 0.25) is 0 Å². The number of sulfone groups is 1. The Morgan fingerprint density at radius 1 is 1.20 bits per heavy atom. The molecule has 0 saturated heterocycles. The second-order valence-corrected chi connectivity index (χ2v) is 8.28. The molecule has 1 aromatic carbocycles. The molecule has 0 atom stereocenters. The highest BCUT2D eigenvalue weighted by Gasteiger charge is 2.20. The SMILES string of the molecule is CCOC(=O)/C(CCO)=C(\c1ccc(S(C)(=O)=O)cc1)c1cccs1. The van der Waals surface area contributed by atoms with Crippen LogP contribution in [0.5, 0.6) is 0 Å². The minimum absolute atomic E-state index is 0.153. The maximum Gasteiger partial charge on any atom is 0.334 e. The minimum atomic E-state index is -3.30. The van der Waals surface area contributed by atoms with Crippen LogP contribution in [0.2, 0.25) is 0 Å². The topological polar surface area (TPSA) is 80.7 Å². The van der Waals surface area contributed by atoms with E-state index in [1.54, 1.807) is 19.1 Å². The molecule has 0 aliphatic heterocycles. The van der Waals surface area contributed by atoms with Crippen LogP contribution in [0.3, 0.4) is 0 Å². The van der Waals surface area contributed by atoms with Gasteiger partial charge >= 0.3 is 5.97 Å². The first-order chi connectivity index (χ1) is 11.9. The summed E-state index contributed by atoms with van der Waals surface area (Å²) in [5.41, 5.74) is 1.73. The molecule has 7 heteroatoms. The standard InChI is InChI=1S/C18H20O5S2/c1-3-23-18(20)15(10-11-19)17(16-5-4-12-24-16)13-6-8-14(9-7-13)25(2,21)22/h4-9,12,19H,3,10-11H2,1-2H3/b17-15+. The number of rotatable bonds is 7. The lowest BCUT2D eigenvalue weighted by atomic mass is 9.96. The van der Waals surface area contributed by atoms with Gasteiger partial charge in [-0.1, -0.05) is 18.2 Å². The van der Waals surface area contributed by atoms with Crippen LogP contribution >= 0.6 is 11.3 Å². The molecular weight excluding hydrogens is 360 g/mol. The van der Waals surface area contributed by atoms with Crippen molar-refractivity contribution in [1.29, 1.82) is 0 Å². The number of carbonyl (C=O) groups is 1. The van der Waals surface area contributed by atoms with E-state index in [-0.39, 0.29) is 24.5 Å². The van der Waals surface area contributed by atoms with Crippen LogP contribution in [0.4, 0.5) is 0 Å². The highest BCUT2D eigenvalue weighted by molar-refractivity contribution is 7.90. The molecule has 1 N–H and O–H groups in total. The van der Waals surface area contributed by atoms with Crippen molar-refractivity contribution < 1.29 is 23.1 Å². The summed E-state index contributed by atoms with van der Waals surface area (Å²) >= 11 is 1.46. The molecule has 1 heterocycles. The van der Waals surface area contributed by atoms with Crippen molar-refractivity contribution in [3.8, 4) is 0 Å². The lowest BCUT2D eigenvalue weighted by Crippen LogP contribution is -2.12. The van der Waals surface area contributed by atoms with Crippen molar-refractivity contribution in [1.82, 2.24) is 0 Å². The number of hydrogen-bond donors (Lipinski definition) is 1. The number of benzene rings is 1. The normalized spacial score (nSPS) is 12.6. The molecule has 2 rings (SSSR count). The van der Waals surface area contributed by atoms with Crippen molar-refractivity contribution in [3.63, 3.8) is 0 Å². The first-order valence-corrected chi connectivity index (χ1v) is 10.5. The van der Waals surface area contributed by atoms with E-state index in [2.05, 4.69) is 0 Å². The Kier molecular flexibility index (Phi) is 6.52. The predicted octanol–water partition coefficient (Wildman–Crippen LogP) is 2.90. The van der Waals surface area contributed by atoms with E-state index in [4.69, 9.17) is 4.74 Å². The second-order valence-electron chi connectivity index (χ2n) is 5.32. The quantitative estimate of drug-likeness (QED) is 0.590. The lowest BCUT2D eigenvalue weighted by Gasteiger charge is -2.14. The van der Waals surface area contributed by atoms with Crippen LogP contribution in [-0.4, -0.2) is 39.0 Å². The molecule has 5 nitrogen and oxygen atoms in total. The van der Waals surface area contributed by atoms with Gasteiger partial charge in [-0.15, -0.1) is 11.3 Å². The Hall–Kier alpha value is -1.96. The molecule has 134 valence electrons. The minimum Gasteiger partial charge on any atom is -0.463 e. The molecule has 0 unspecified atom stereocenters. The van der Waals surface area contributed by atoms with E-state index in [1.165, 1.54) is 23.5 Å². The number of hydrogen-bond acceptors (Lipinski definition) is 6. The summed E-state index contributed by atoms with van der Waals surface area (Å²) in [4.78, 5) is 13.4. The third kappa shape index (κ3) is 4.78. The second kappa shape index (κ2) is 8.42. The zero-order valence-corrected chi connectivity index (χ0v) is 15.7. The van der Waals surface area contributed by atoms with Crippen LogP contribution in [0.25, 0.3) is 5.57 Å². The summed E-state index contributed by atoms with van der Waals surface area (Å²) in [6.45, 7) is 1.77. The van der Waals surface area contributed by atoms with Gasteiger partial charge in [-0.2, -0.15) is 0 Å². The van der Waals surface area contributed by atoms with Gasteiger partial charge in [-0.05, 0) is 36.1 Å². The maximum atomic E-state index is 12.4. The van der Waals surface area contributed by atoms with Crippen LogP contribution in [-0.2, 0) is 19.4 Å². The van der Waals surface area contributed by atoms with Crippen LogP contribution in [0, 0.1) is 0 Å².